The number of nitrogens with zero attached hydrogens (tertiary/aromatic N) is 1. The summed E-state index contributed by atoms with van der Waals surface area (Å²) < 4.78 is 20.3. The number of imide groups is 1. The number of methoxy groups -OCH3 is 3. The lowest BCUT2D eigenvalue weighted by atomic mass is 10.1. The first-order chi connectivity index (χ1) is 13.9. The molecule has 152 valence electrons. The predicted molar refractivity (Wildman–Crippen MR) is 102 cm³/mol. The van der Waals surface area contributed by atoms with Crippen LogP contribution in [0.5, 0.6) is 11.5 Å². The fourth-order valence-electron chi connectivity index (χ4n) is 2.68. The van der Waals surface area contributed by atoms with Crippen LogP contribution in [0.15, 0.2) is 34.4 Å². The SMILES string of the molecule is COC(=O)c1ccc(CN2C(=O)NC(=Cc3cc(OC)c(OC)cc3Cl)C2=O)o1. The van der Waals surface area contributed by atoms with Gasteiger partial charge in [0.25, 0.3) is 5.91 Å². The van der Waals surface area contributed by atoms with Gasteiger partial charge in [-0.15, -0.1) is 0 Å². The summed E-state index contributed by atoms with van der Waals surface area (Å²) in [6.07, 6.45) is 1.44. The Hall–Kier alpha value is -3.46. The lowest BCUT2D eigenvalue weighted by Gasteiger charge is -2.10. The van der Waals surface area contributed by atoms with E-state index in [0.29, 0.717) is 22.1 Å². The third-order valence-corrected chi connectivity index (χ3v) is 4.45. The number of hydrogen-bond acceptors (Lipinski definition) is 7. The van der Waals surface area contributed by atoms with Crippen LogP contribution in [0.2, 0.25) is 5.02 Å². The van der Waals surface area contributed by atoms with Crippen LogP contribution in [0.1, 0.15) is 21.9 Å². The average Bonchev–Trinajstić information content (AvgIpc) is 3.29. The maximum Gasteiger partial charge on any atom is 0.373 e. The van der Waals surface area contributed by atoms with Crippen LogP contribution in [0.4, 0.5) is 4.79 Å². The fraction of sp³-hybridized carbons (Fsp3) is 0.211. The first-order valence-corrected chi connectivity index (χ1v) is 8.68. The summed E-state index contributed by atoms with van der Waals surface area (Å²) in [4.78, 5) is 37.3. The van der Waals surface area contributed by atoms with Crippen LogP contribution >= 0.6 is 11.6 Å². The molecule has 10 heteroatoms. The Balaban J connectivity index is 1.83. The monoisotopic (exact) mass is 420 g/mol. The van der Waals surface area contributed by atoms with Crippen LogP contribution in [0, 0.1) is 0 Å². The van der Waals surface area contributed by atoms with Gasteiger partial charge in [0.15, 0.2) is 11.5 Å². The second-order valence-corrected chi connectivity index (χ2v) is 6.27. The summed E-state index contributed by atoms with van der Waals surface area (Å²) in [7, 11) is 4.17. The second kappa shape index (κ2) is 8.27. The molecular formula is C19H17ClN2O7. The van der Waals surface area contributed by atoms with Crippen LogP contribution < -0.4 is 14.8 Å². The number of carbonyl (C=O) groups excluding carboxylic acids is 3. The van der Waals surface area contributed by atoms with Gasteiger partial charge in [-0.25, -0.2) is 9.59 Å². The number of nitrogens with one attached hydrogen (secondary N) is 1. The molecule has 2 aromatic rings. The summed E-state index contributed by atoms with van der Waals surface area (Å²) in [5.41, 5.74) is 0.490. The van der Waals surface area contributed by atoms with Crippen LogP contribution in [-0.4, -0.2) is 44.1 Å². The van der Waals surface area contributed by atoms with E-state index in [9.17, 15) is 14.4 Å². The molecule has 2 heterocycles. The number of amides is 3. The molecule has 0 atom stereocenters. The fourth-order valence-corrected chi connectivity index (χ4v) is 2.89. The number of rotatable bonds is 6. The largest absolute Gasteiger partial charge is 0.493 e. The van der Waals surface area contributed by atoms with Crippen molar-refractivity contribution in [3.8, 4) is 11.5 Å². The van der Waals surface area contributed by atoms with E-state index in [1.54, 1.807) is 12.1 Å². The molecule has 0 saturated carbocycles. The maximum atomic E-state index is 12.7. The Bertz CT molecular complexity index is 1010. The van der Waals surface area contributed by atoms with Crippen molar-refractivity contribution in [2.75, 3.05) is 21.3 Å². The molecule has 9 nitrogen and oxygen atoms in total. The Morgan fingerprint density at radius 2 is 1.86 bits per heavy atom. The van der Waals surface area contributed by atoms with E-state index in [4.69, 9.17) is 25.5 Å². The Morgan fingerprint density at radius 1 is 1.17 bits per heavy atom. The topological polar surface area (TPSA) is 107 Å². The molecule has 1 N–H and O–H groups in total. The average molecular weight is 421 g/mol. The first kappa shape index (κ1) is 20.3. The summed E-state index contributed by atoms with van der Waals surface area (Å²) in [6.45, 7) is -0.154. The number of carbonyl (C=O) groups is 3. The van der Waals surface area contributed by atoms with Crippen molar-refractivity contribution in [1.29, 1.82) is 0 Å². The van der Waals surface area contributed by atoms with Crippen molar-refractivity contribution in [2.45, 2.75) is 6.54 Å². The minimum atomic E-state index is -0.655. The molecule has 1 aromatic heterocycles. The number of ether oxygens (including phenoxy) is 3. The minimum Gasteiger partial charge on any atom is -0.493 e. The molecule has 0 spiro atoms. The maximum absolute atomic E-state index is 12.7. The zero-order valence-corrected chi connectivity index (χ0v) is 16.5. The lowest BCUT2D eigenvalue weighted by Crippen LogP contribution is -2.30. The van der Waals surface area contributed by atoms with Crippen LogP contribution in [0.25, 0.3) is 6.08 Å². The molecule has 29 heavy (non-hydrogen) atoms. The Kier molecular flexibility index (Phi) is 5.79. The molecular weight excluding hydrogens is 404 g/mol. The van der Waals surface area contributed by atoms with Gasteiger partial charge in [0, 0.05) is 6.07 Å². The zero-order chi connectivity index (χ0) is 21.1. The smallest absolute Gasteiger partial charge is 0.373 e. The van der Waals surface area contributed by atoms with Crippen LogP contribution in [0.3, 0.4) is 0 Å². The predicted octanol–water partition coefficient (Wildman–Crippen LogP) is 2.83. The summed E-state index contributed by atoms with van der Waals surface area (Å²) >= 11 is 6.24. The lowest BCUT2D eigenvalue weighted by molar-refractivity contribution is -0.123. The van der Waals surface area contributed by atoms with E-state index in [1.165, 1.54) is 39.5 Å². The molecule has 1 aliphatic rings. The number of benzene rings is 1. The van der Waals surface area contributed by atoms with E-state index in [0.717, 1.165) is 4.90 Å². The van der Waals surface area contributed by atoms with E-state index in [2.05, 4.69) is 10.1 Å². The summed E-state index contributed by atoms with van der Waals surface area (Å²) in [5.74, 6) is -0.152. The van der Waals surface area contributed by atoms with Gasteiger partial charge in [-0.05, 0) is 29.8 Å². The third kappa shape index (κ3) is 4.04. The molecule has 3 rings (SSSR count). The standard InChI is InChI=1S/C19H17ClN2O7/c1-26-15-7-10(12(20)8-16(15)27-2)6-13-17(23)22(19(25)21-13)9-11-4-5-14(29-11)18(24)28-3/h4-8H,9H2,1-3H3,(H,21,25). The molecule has 1 fully saturated rings. The molecule has 0 radical (unpaired) electrons. The number of hydrogen-bond donors (Lipinski definition) is 1. The van der Waals surface area contributed by atoms with Gasteiger partial charge >= 0.3 is 12.0 Å². The van der Waals surface area contributed by atoms with Gasteiger partial charge < -0.3 is 23.9 Å². The van der Waals surface area contributed by atoms with Crippen molar-refractivity contribution in [1.82, 2.24) is 10.2 Å². The molecule has 0 bridgehead atoms. The number of esters is 1. The van der Waals surface area contributed by atoms with E-state index >= 15 is 0 Å². The molecule has 1 aliphatic heterocycles. The van der Waals surface area contributed by atoms with Gasteiger partial charge in [0.1, 0.15) is 11.5 Å². The Labute approximate surface area is 170 Å². The Morgan fingerprint density at radius 3 is 2.52 bits per heavy atom. The van der Waals surface area contributed by atoms with Crippen molar-refractivity contribution in [2.24, 2.45) is 0 Å². The molecule has 0 aliphatic carbocycles. The number of halogens is 1. The highest BCUT2D eigenvalue weighted by molar-refractivity contribution is 6.32. The third-order valence-electron chi connectivity index (χ3n) is 4.13. The highest BCUT2D eigenvalue weighted by Gasteiger charge is 2.34. The van der Waals surface area contributed by atoms with E-state index in [-0.39, 0.29) is 23.8 Å². The van der Waals surface area contributed by atoms with E-state index < -0.39 is 17.9 Å². The van der Waals surface area contributed by atoms with Gasteiger partial charge in [-0.3, -0.25) is 9.69 Å². The van der Waals surface area contributed by atoms with Crippen molar-refractivity contribution in [3.05, 3.63) is 52.1 Å². The highest BCUT2D eigenvalue weighted by atomic mass is 35.5. The van der Waals surface area contributed by atoms with E-state index in [1.807, 2.05) is 0 Å². The minimum absolute atomic E-state index is 0.0255. The van der Waals surface area contributed by atoms with Crippen molar-refractivity contribution >= 4 is 35.6 Å². The van der Waals surface area contributed by atoms with Gasteiger partial charge in [0.05, 0.1) is 32.9 Å². The normalized spacial score (nSPS) is 14.9. The molecule has 0 unspecified atom stereocenters. The zero-order valence-electron chi connectivity index (χ0n) is 15.8. The molecule has 1 aromatic carbocycles. The quantitative estimate of drug-likeness (QED) is 0.435. The number of urea groups is 1. The van der Waals surface area contributed by atoms with Gasteiger partial charge in [-0.2, -0.15) is 0 Å². The molecule has 3 amide bonds. The molecule has 1 saturated heterocycles. The van der Waals surface area contributed by atoms with Gasteiger partial charge in [-0.1, -0.05) is 11.6 Å². The highest BCUT2D eigenvalue weighted by Crippen LogP contribution is 2.34. The van der Waals surface area contributed by atoms with Crippen molar-refractivity contribution in [3.63, 3.8) is 0 Å². The summed E-state index contributed by atoms with van der Waals surface area (Å²) in [6, 6.07) is 5.39. The van der Waals surface area contributed by atoms with Gasteiger partial charge in [0.2, 0.25) is 5.76 Å². The van der Waals surface area contributed by atoms with Crippen molar-refractivity contribution < 1.29 is 33.0 Å². The van der Waals surface area contributed by atoms with Crippen LogP contribution in [-0.2, 0) is 16.1 Å². The number of furan rings is 1. The summed E-state index contributed by atoms with van der Waals surface area (Å²) in [5, 5.41) is 2.80. The first-order valence-electron chi connectivity index (χ1n) is 8.31. The second-order valence-electron chi connectivity index (χ2n) is 5.87.